The summed E-state index contributed by atoms with van der Waals surface area (Å²) in [6, 6.07) is 6.31. The van der Waals surface area contributed by atoms with Crippen LogP contribution in [-0.4, -0.2) is 49.9 Å². The van der Waals surface area contributed by atoms with Crippen LogP contribution < -0.4 is 5.32 Å². The summed E-state index contributed by atoms with van der Waals surface area (Å²) in [6.45, 7) is 1.21. The molecule has 1 N–H and O–H groups in total. The van der Waals surface area contributed by atoms with Gasteiger partial charge in [-0.3, -0.25) is 4.79 Å². The van der Waals surface area contributed by atoms with Crippen LogP contribution in [0.4, 0.5) is 10.1 Å². The maximum atomic E-state index is 12.8. The highest BCUT2D eigenvalue weighted by atomic mass is 32.2. The lowest BCUT2D eigenvalue weighted by Gasteiger charge is -2.41. The monoisotopic (exact) mass is 340 g/mol. The van der Waals surface area contributed by atoms with E-state index < -0.39 is 9.84 Å². The summed E-state index contributed by atoms with van der Waals surface area (Å²) < 4.78 is 36.1. The van der Waals surface area contributed by atoms with Crippen LogP contribution in [0.5, 0.6) is 0 Å². The molecule has 0 aromatic heterocycles. The first kappa shape index (κ1) is 16.2. The van der Waals surface area contributed by atoms with Gasteiger partial charge in [-0.1, -0.05) is 0 Å². The SMILES string of the molecule is O=C(CC1CCCS(=O)(=O)C1)N1CC(Nc2ccc(F)cc2)C1. The highest BCUT2D eigenvalue weighted by molar-refractivity contribution is 7.91. The van der Waals surface area contributed by atoms with E-state index >= 15 is 0 Å². The molecule has 3 rings (SSSR count). The molecule has 0 aliphatic carbocycles. The topological polar surface area (TPSA) is 66.5 Å². The molecule has 1 atom stereocenters. The van der Waals surface area contributed by atoms with Gasteiger partial charge < -0.3 is 10.2 Å². The van der Waals surface area contributed by atoms with Crippen LogP contribution in [0.3, 0.4) is 0 Å². The third kappa shape index (κ3) is 4.22. The van der Waals surface area contributed by atoms with Crippen molar-refractivity contribution >= 4 is 21.4 Å². The number of carbonyl (C=O) groups is 1. The van der Waals surface area contributed by atoms with Crippen molar-refractivity contribution in [2.24, 2.45) is 5.92 Å². The lowest BCUT2D eigenvalue weighted by Crippen LogP contribution is -2.57. The van der Waals surface area contributed by atoms with E-state index in [1.165, 1.54) is 12.1 Å². The van der Waals surface area contributed by atoms with Crippen LogP contribution in [-0.2, 0) is 14.6 Å². The molecule has 0 radical (unpaired) electrons. The zero-order valence-electron chi connectivity index (χ0n) is 12.9. The fraction of sp³-hybridized carbons (Fsp3) is 0.562. The standard InChI is InChI=1S/C16H21FN2O3S/c17-13-3-5-14(6-4-13)18-15-9-19(10-15)16(20)8-12-2-1-7-23(21,22)11-12/h3-6,12,15,18H,1-2,7-11H2. The predicted molar refractivity (Wildman–Crippen MR) is 86.4 cm³/mol. The second-order valence-corrected chi connectivity index (χ2v) is 8.70. The van der Waals surface area contributed by atoms with Gasteiger partial charge in [0.2, 0.25) is 5.91 Å². The molecule has 1 unspecified atom stereocenters. The van der Waals surface area contributed by atoms with Crippen molar-refractivity contribution in [1.82, 2.24) is 4.90 Å². The molecule has 1 aromatic carbocycles. The third-order valence-corrected chi connectivity index (χ3v) is 6.36. The molecule has 0 bridgehead atoms. The van der Waals surface area contributed by atoms with E-state index in [-0.39, 0.29) is 35.2 Å². The number of likely N-dealkylation sites (tertiary alicyclic amines) is 1. The Bertz CT molecular complexity index is 669. The Morgan fingerprint density at radius 3 is 2.61 bits per heavy atom. The molecule has 0 spiro atoms. The number of nitrogens with zero attached hydrogens (tertiary/aromatic N) is 1. The van der Waals surface area contributed by atoms with E-state index in [0.717, 1.165) is 12.1 Å². The number of anilines is 1. The maximum absolute atomic E-state index is 12.8. The first-order valence-corrected chi connectivity index (χ1v) is 9.74. The van der Waals surface area contributed by atoms with Crippen LogP contribution in [0.25, 0.3) is 0 Å². The first-order valence-electron chi connectivity index (χ1n) is 7.91. The molecular formula is C16H21FN2O3S. The number of hydrogen-bond donors (Lipinski definition) is 1. The molecule has 2 aliphatic rings. The first-order chi connectivity index (χ1) is 10.9. The lowest BCUT2D eigenvalue weighted by molar-refractivity contribution is -0.136. The third-order valence-electron chi connectivity index (χ3n) is 4.47. The van der Waals surface area contributed by atoms with Gasteiger partial charge in [0.25, 0.3) is 0 Å². The van der Waals surface area contributed by atoms with Gasteiger partial charge in [-0.15, -0.1) is 0 Å². The van der Waals surface area contributed by atoms with Gasteiger partial charge in [0.15, 0.2) is 9.84 Å². The van der Waals surface area contributed by atoms with Gasteiger partial charge in [0, 0.05) is 25.2 Å². The van der Waals surface area contributed by atoms with Crippen molar-refractivity contribution in [3.63, 3.8) is 0 Å². The number of nitrogens with one attached hydrogen (secondary N) is 1. The van der Waals surface area contributed by atoms with E-state index in [9.17, 15) is 17.6 Å². The molecule has 1 aromatic rings. The van der Waals surface area contributed by atoms with E-state index in [1.807, 2.05) is 0 Å². The summed E-state index contributed by atoms with van der Waals surface area (Å²) in [5.41, 5.74) is 0.835. The summed E-state index contributed by atoms with van der Waals surface area (Å²) in [7, 11) is -2.96. The molecule has 1 amide bonds. The minimum atomic E-state index is -2.96. The molecule has 7 heteroatoms. The number of amides is 1. The number of hydrogen-bond acceptors (Lipinski definition) is 4. The van der Waals surface area contributed by atoms with Crippen LogP contribution in [0.2, 0.25) is 0 Å². The van der Waals surface area contributed by atoms with Crippen molar-refractivity contribution < 1.29 is 17.6 Å². The molecule has 2 heterocycles. The second kappa shape index (κ2) is 6.47. The molecular weight excluding hydrogens is 319 g/mol. The summed E-state index contributed by atoms with van der Waals surface area (Å²) >= 11 is 0. The number of carbonyl (C=O) groups excluding carboxylic acids is 1. The van der Waals surface area contributed by atoms with Gasteiger partial charge in [0.1, 0.15) is 5.82 Å². The maximum Gasteiger partial charge on any atom is 0.223 e. The Kier molecular flexibility index (Phi) is 4.57. The zero-order valence-corrected chi connectivity index (χ0v) is 13.7. The van der Waals surface area contributed by atoms with E-state index in [4.69, 9.17) is 0 Å². The summed E-state index contributed by atoms with van der Waals surface area (Å²) in [4.78, 5) is 14.0. The largest absolute Gasteiger partial charge is 0.379 e. The molecule has 23 heavy (non-hydrogen) atoms. The fourth-order valence-electron chi connectivity index (χ4n) is 3.21. The van der Waals surface area contributed by atoms with Gasteiger partial charge in [-0.05, 0) is 43.0 Å². The second-order valence-electron chi connectivity index (χ2n) is 6.47. The van der Waals surface area contributed by atoms with Crippen molar-refractivity contribution in [2.45, 2.75) is 25.3 Å². The number of halogens is 1. The Balaban J connectivity index is 1.44. The van der Waals surface area contributed by atoms with Gasteiger partial charge >= 0.3 is 0 Å². The fourth-order valence-corrected chi connectivity index (χ4v) is 4.99. The zero-order chi connectivity index (χ0) is 16.4. The Morgan fingerprint density at radius 1 is 1.26 bits per heavy atom. The van der Waals surface area contributed by atoms with Gasteiger partial charge in [0.05, 0.1) is 17.5 Å². The van der Waals surface area contributed by atoms with Crippen LogP contribution in [0.1, 0.15) is 19.3 Å². The van der Waals surface area contributed by atoms with Crippen LogP contribution in [0, 0.1) is 11.7 Å². The van der Waals surface area contributed by atoms with Crippen LogP contribution >= 0.6 is 0 Å². The Morgan fingerprint density at radius 2 is 1.96 bits per heavy atom. The summed E-state index contributed by atoms with van der Waals surface area (Å²) in [5, 5.41) is 3.25. The molecule has 0 saturated carbocycles. The average Bonchev–Trinajstić information content (AvgIpc) is 2.43. The van der Waals surface area contributed by atoms with E-state index in [1.54, 1.807) is 17.0 Å². The van der Waals surface area contributed by atoms with Crippen molar-refractivity contribution in [1.29, 1.82) is 0 Å². The molecule has 2 fully saturated rings. The predicted octanol–water partition coefficient (Wildman–Crippen LogP) is 1.66. The highest BCUT2D eigenvalue weighted by Gasteiger charge is 2.33. The Labute approximate surface area is 135 Å². The minimum absolute atomic E-state index is 0.0317. The van der Waals surface area contributed by atoms with Gasteiger partial charge in [-0.25, -0.2) is 12.8 Å². The molecule has 2 aliphatic heterocycles. The van der Waals surface area contributed by atoms with Gasteiger partial charge in [-0.2, -0.15) is 0 Å². The van der Waals surface area contributed by atoms with E-state index in [0.29, 0.717) is 25.9 Å². The molecule has 5 nitrogen and oxygen atoms in total. The minimum Gasteiger partial charge on any atom is -0.379 e. The average molecular weight is 340 g/mol. The quantitative estimate of drug-likeness (QED) is 0.905. The lowest BCUT2D eigenvalue weighted by atomic mass is 9.99. The van der Waals surface area contributed by atoms with Crippen molar-refractivity contribution in [2.75, 3.05) is 29.9 Å². The normalized spacial score (nSPS) is 24.0. The van der Waals surface area contributed by atoms with Crippen molar-refractivity contribution in [3.8, 4) is 0 Å². The summed E-state index contributed by atoms with van der Waals surface area (Å²) in [5.74, 6) is 0.118. The smallest absolute Gasteiger partial charge is 0.223 e. The van der Waals surface area contributed by atoms with Crippen molar-refractivity contribution in [3.05, 3.63) is 30.1 Å². The molecule has 126 valence electrons. The summed E-state index contributed by atoms with van der Waals surface area (Å²) in [6.07, 6.45) is 1.80. The van der Waals surface area contributed by atoms with E-state index in [2.05, 4.69) is 5.32 Å². The highest BCUT2D eigenvalue weighted by Crippen LogP contribution is 2.24. The number of benzene rings is 1. The Hall–Kier alpha value is -1.63. The molecule has 2 saturated heterocycles. The van der Waals surface area contributed by atoms with Crippen LogP contribution in [0.15, 0.2) is 24.3 Å². The number of sulfone groups is 1. The number of rotatable bonds is 4.